The molecular weight excluding hydrogens is 420 g/mol. The smallest absolute Gasteiger partial charge is 0.278 e. The zero-order valence-corrected chi connectivity index (χ0v) is 18.6. The topological polar surface area (TPSA) is 77.1 Å². The van der Waals surface area contributed by atoms with Crippen molar-refractivity contribution in [3.05, 3.63) is 89.6 Å². The molecule has 33 heavy (non-hydrogen) atoms. The summed E-state index contributed by atoms with van der Waals surface area (Å²) in [4.78, 5) is 28.1. The minimum absolute atomic E-state index is 0.143. The van der Waals surface area contributed by atoms with Crippen molar-refractivity contribution in [3.8, 4) is 17.2 Å². The van der Waals surface area contributed by atoms with Gasteiger partial charge in [-0.05, 0) is 47.5 Å². The van der Waals surface area contributed by atoms with Gasteiger partial charge in [-0.2, -0.15) is 0 Å². The van der Waals surface area contributed by atoms with Crippen LogP contribution in [-0.4, -0.2) is 38.0 Å². The van der Waals surface area contributed by atoms with Gasteiger partial charge < -0.3 is 19.5 Å². The van der Waals surface area contributed by atoms with Crippen molar-refractivity contribution in [1.82, 2.24) is 4.90 Å². The number of rotatable bonds is 8. The maximum absolute atomic E-state index is 13.4. The van der Waals surface area contributed by atoms with Crippen LogP contribution in [0.1, 0.15) is 11.1 Å². The molecule has 0 spiro atoms. The Morgan fingerprint density at radius 1 is 0.727 bits per heavy atom. The molecule has 168 valence electrons. The number of benzene rings is 3. The second-order valence-electron chi connectivity index (χ2n) is 7.38. The summed E-state index contributed by atoms with van der Waals surface area (Å²) in [6.07, 6.45) is 0. The fraction of sp³-hybridized carbons (Fsp3) is 0.154. The van der Waals surface area contributed by atoms with E-state index in [0.717, 1.165) is 5.56 Å². The van der Waals surface area contributed by atoms with Crippen LogP contribution in [0, 0.1) is 0 Å². The average Bonchev–Trinajstić information content (AvgIpc) is 3.08. The first-order chi connectivity index (χ1) is 16.0. The Labute approximate surface area is 192 Å². The van der Waals surface area contributed by atoms with E-state index in [-0.39, 0.29) is 18.1 Å². The third kappa shape index (κ3) is 4.52. The van der Waals surface area contributed by atoms with E-state index in [2.05, 4.69) is 5.32 Å². The summed E-state index contributed by atoms with van der Waals surface area (Å²) >= 11 is 0. The van der Waals surface area contributed by atoms with Crippen LogP contribution in [-0.2, 0) is 16.1 Å². The fourth-order valence-corrected chi connectivity index (χ4v) is 3.62. The summed E-state index contributed by atoms with van der Waals surface area (Å²) in [6, 6.07) is 21.5. The SMILES string of the molecule is COc1ccc(CN2C(=O)C(Nc3cccc(OC)c3)=C(c3ccc(OC)cc3)C2=O)cc1. The van der Waals surface area contributed by atoms with E-state index in [9.17, 15) is 9.59 Å². The zero-order valence-electron chi connectivity index (χ0n) is 18.6. The lowest BCUT2D eigenvalue weighted by molar-refractivity contribution is -0.137. The highest BCUT2D eigenvalue weighted by Gasteiger charge is 2.39. The standard InChI is InChI=1S/C26H24N2O5/c1-31-20-11-7-17(8-12-20)16-28-25(29)23(18-9-13-21(32-2)14-10-18)24(26(28)30)27-19-5-4-6-22(15-19)33-3/h4-15,27H,16H2,1-3H3. The van der Waals surface area contributed by atoms with Crippen molar-refractivity contribution < 1.29 is 23.8 Å². The van der Waals surface area contributed by atoms with Gasteiger partial charge >= 0.3 is 0 Å². The quantitative estimate of drug-likeness (QED) is 0.527. The Morgan fingerprint density at radius 3 is 1.94 bits per heavy atom. The third-order valence-corrected chi connectivity index (χ3v) is 5.39. The van der Waals surface area contributed by atoms with Gasteiger partial charge in [0.05, 0.1) is 33.4 Å². The predicted molar refractivity (Wildman–Crippen MR) is 125 cm³/mol. The van der Waals surface area contributed by atoms with Crippen molar-refractivity contribution in [1.29, 1.82) is 0 Å². The van der Waals surface area contributed by atoms with E-state index < -0.39 is 5.91 Å². The first-order valence-electron chi connectivity index (χ1n) is 10.3. The van der Waals surface area contributed by atoms with E-state index in [1.54, 1.807) is 63.8 Å². The second kappa shape index (κ2) is 9.48. The highest BCUT2D eigenvalue weighted by Crippen LogP contribution is 2.33. The largest absolute Gasteiger partial charge is 0.497 e. The van der Waals surface area contributed by atoms with E-state index in [1.165, 1.54) is 4.90 Å². The first-order valence-corrected chi connectivity index (χ1v) is 10.3. The van der Waals surface area contributed by atoms with Crippen LogP contribution in [0.5, 0.6) is 17.2 Å². The number of anilines is 1. The lowest BCUT2D eigenvalue weighted by atomic mass is 10.0. The van der Waals surface area contributed by atoms with Gasteiger partial charge in [0.2, 0.25) is 0 Å². The molecule has 0 bridgehead atoms. The van der Waals surface area contributed by atoms with Crippen LogP contribution in [0.25, 0.3) is 5.57 Å². The number of hydrogen-bond acceptors (Lipinski definition) is 6. The molecule has 3 aromatic carbocycles. The van der Waals surface area contributed by atoms with Gasteiger partial charge in [0, 0.05) is 11.8 Å². The number of carbonyl (C=O) groups excluding carboxylic acids is 2. The first kappa shape index (κ1) is 22.0. The molecule has 3 aromatic rings. The molecule has 0 saturated heterocycles. The van der Waals surface area contributed by atoms with Crippen molar-refractivity contribution in [3.63, 3.8) is 0 Å². The van der Waals surface area contributed by atoms with Gasteiger partial charge in [0.15, 0.2) is 0 Å². The molecule has 0 aliphatic carbocycles. The molecule has 0 saturated carbocycles. The number of nitrogens with zero attached hydrogens (tertiary/aromatic N) is 1. The normalized spacial score (nSPS) is 13.4. The summed E-state index contributed by atoms with van der Waals surface area (Å²) in [5.41, 5.74) is 2.60. The van der Waals surface area contributed by atoms with E-state index in [4.69, 9.17) is 14.2 Å². The molecule has 0 unspecified atom stereocenters. The second-order valence-corrected chi connectivity index (χ2v) is 7.38. The van der Waals surface area contributed by atoms with Crippen molar-refractivity contribution in [2.45, 2.75) is 6.54 Å². The van der Waals surface area contributed by atoms with Crippen LogP contribution >= 0.6 is 0 Å². The molecule has 7 heteroatoms. The fourth-order valence-electron chi connectivity index (χ4n) is 3.62. The Morgan fingerprint density at radius 2 is 1.33 bits per heavy atom. The molecule has 0 radical (unpaired) electrons. The number of hydrogen-bond donors (Lipinski definition) is 1. The van der Waals surface area contributed by atoms with E-state index in [1.807, 2.05) is 30.3 Å². The highest BCUT2D eigenvalue weighted by atomic mass is 16.5. The number of imide groups is 1. The summed E-state index contributed by atoms with van der Waals surface area (Å²) in [5.74, 6) is 1.23. The molecule has 1 aliphatic heterocycles. The van der Waals surface area contributed by atoms with Crippen molar-refractivity contribution in [2.75, 3.05) is 26.6 Å². The Hall–Kier alpha value is -4.26. The minimum Gasteiger partial charge on any atom is -0.497 e. The molecule has 0 fully saturated rings. The Bertz CT molecular complexity index is 1200. The van der Waals surface area contributed by atoms with Crippen LogP contribution < -0.4 is 19.5 Å². The van der Waals surface area contributed by atoms with Crippen molar-refractivity contribution >= 4 is 23.1 Å². The molecule has 0 aromatic heterocycles. The van der Waals surface area contributed by atoms with Crippen LogP contribution in [0.3, 0.4) is 0 Å². The van der Waals surface area contributed by atoms with Crippen LogP contribution in [0.2, 0.25) is 0 Å². The predicted octanol–water partition coefficient (Wildman–Crippen LogP) is 4.10. The summed E-state index contributed by atoms with van der Waals surface area (Å²) in [6.45, 7) is 0.143. The van der Waals surface area contributed by atoms with E-state index >= 15 is 0 Å². The summed E-state index contributed by atoms with van der Waals surface area (Å²) < 4.78 is 15.7. The molecule has 1 N–H and O–H groups in total. The molecule has 7 nitrogen and oxygen atoms in total. The van der Waals surface area contributed by atoms with Gasteiger partial charge in [-0.25, -0.2) is 0 Å². The maximum Gasteiger partial charge on any atom is 0.278 e. The maximum atomic E-state index is 13.4. The molecule has 4 rings (SSSR count). The average molecular weight is 444 g/mol. The summed E-state index contributed by atoms with van der Waals surface area (Å²) in [5, 5.41) is 3.14. The zero-order chi connectivity index (χ0) is 23.4. The van der Waals surface area contributed by atoms with Crippen molar-refractivity contribution in [2.24, 2.45) is 0 Å². The molecule has 0 atom stereocenters. The van der Waals surface area contributed by atoms with Crippen LogP contribution in [0.4, 0.5) is 5.69 Å². The molecule has 1 heterocycles. The number of methoxy groups -OCH3 is 3. The number of nitrogens with one attached hydrogen (secondary N) is 1. The van der Waals surface area contributed by atoms with Gasteiger partial charge in [-0.15, -0.1) is 0 Å². The number of ether oxygens (including phenoxy) is 3. The lowest BCUT2D eigenvalue weighted by Crippen LogP contribution is -2.32. The van der Waals surface area contributed by atoms with Gasteiger partial charge in [-0.1, -0.05) is 30.3 Å². The number of carbonyl (C=O) groups is 2. The van der Waals surface area contributed by atoms with Gasteiger partial charge in [0.1, 0.15) is 22.9 Å². The minimum atomic E-state index is -0.399. The Kier molecular flexibility index (Phi) is 6.31. The molecule has 1 aliphatic rings. The van der Waals surface area contributed by atoms with Gasteiger partial charge in [-0.3, -0.25) is 14.5 Å². The number of amides is 2. The Balaban J connectivity index is 1.71. The molecular formula is C26H24N2O5. The summed E-state index contributed by atoms with van der Waals surface area (Å²) in [7, 11) is 4.73. The monoisotopic (exact) mass is 444 g/mol. The molecule has 2 amide bonds. The highest BCUT2D eigenvalue weighted by molar-refractivity contribution is 6.36. The third-order valence-electron chi connectivity index (χ3n) is 5.39. The van der Waals surface area contributed by atoms with E-state index in [0.29, 0.717) is 34.1 Å². The lowest BCUT2D eigenvalue weighted by Gasteiger charge is -2.16. The van der Waals surface area contributed by atoms with Gasteiger partial charge in [0.25, 0.3) is 11.8 Å². The van der Waals surface area contributed by atoms with Crippen LogP contribution in [0.15, 0.2) is 78.5 Å².